The van der Waals surface area contributed by atoms with Crippen molar-refractivity contribution in [2.45, 2.75) is 18.0 Å². The molecule has 0 saturated heterocycles. The quantitative estimate of drug-likeness (QED) is 0.795. The van der Waals surface area contributed by atoms with Crippen LogP contribution in [0.5, 0.6) is 5.88 Å². The highest BCUT2D eigenvalue weighted by atomic mass is 32.2. The molecule has 10 heteroatoms. The molecule has 1 atom stereocenters. The monoisotopic (exact) mass is 378 g/mol. The zero-order chi connectivity index (χ0) is 18.7. The van der Waals surface area contributed by atoms with Gasteiger partial charge in [0.05, 0.1) is 11.5 Å². The first kappa shape index (κ1) is 19.3. The number of nitrogens with zero attached hydrogens (tertiary/aromatic N) is 2. The van der Waals surface area contributed by atoms with Crippen LogP contribution in [0, 0.1) is 0 Å². The average molecular weight is 378 g/mol. The van der Waals surface area contributed by atoms with Gasteiger partial charge >= 0.3 is 6.18 Å². The lowest BCUT2D eigenvalue weighted by Crippen LogP contribution is -2.28. The lowest BCUT2D eigenvalue weighted by Gasteiger charge is -2.11. The molecule has 0 saturated carbocycles. The minimum atomic E-state index is -4.58. The van der Waals surface area contributed by atoms with Crippen molar-refractivity contribution in [2.75, 3.05) is 12.4 Å². The Morgan fingerprint density at radius 2 is 1.92 bits per heavy atom. The second kappa shape index (κ2) is 7.44. The normalized spacial score (nSPS) is 13.6. The van der Waals surface area contributed by atoms with Gasteiger partial charge in [0, 0.05) is 13.1 Å². The Balaban J connectivity index is 1.91. The number of sulfone groups is 1. The Morgan fingerprint density at radius 3 is 2.48 bits per heavy atom. The Kier molecular flexibility index (Phi) is 5.73. The van der Waals surface area contributed by atoms with E-state index >= 15 is 0 Å². The Hall–Kier alpha value is -2.07. The molecular weight excluding hydrogens is 361 g/mol. The molecule has 0 aliphatic heterocycles. The number of rotatable bonds is 7. The van der Waals surface area contributed by atoms with E-state index in [1.165, 1.54) is 0 Å². The molecule has 0 fully saturated rings. The van der Waals surface area contributed by atoms with Crippen molar-refractivity contribution in [3.63, 3.8) is 0 Å². The molecule has 0 unspecified atom stereocenters. The molecule has 0 aliphatic carbocycles. The Bertz CT molecular complexity index is 804. The van der Waals surface area contributed by atoms with Crippen LogP contribution in [0.3, 0.4) is 0 Å². The number of hydrogen-bond acceptors (Lipinski definition) is 5. The van der Waals surface area contributed by atoms with Crippen molar-refractivity contribution in [3.05, 3.63) is 47.7 Å². The molecule has 2 aromatic rings. The number of aliphatic hydroxyl groups excluding tert-OH is 1. The van der Waals surface area contributed by atoms with Crippen molar-refractivity contribution in [1.29, 1.82) is 0 Å². The van der Waals surface area contributed by atoms with E-state index in [0.29, 0.717) is 16.3 Å². The van der Waals surface area contributed by atoms with Crippen molar-refractivity contribution >= 4 is 9.84 Å². The van der Waals surface area contributed by atoms with Gasteiger partial charge in [-0.25, -0.2) is 8.42 Å². The third kappa shape index (κ3) is 5.75. The molecule has 1 aromatic carbocycles. The van der Waals surface area contributed by atoms with E-state index in [9.17, 15) is 26.7 Å². The number of alkyl halides is 3. The highest BCUT2D eigenvalue weighted by Gasteiger charge is 2.35. The zero-order valence-electron chi connectivity index (χ0n) is 13.3. The minimum Gasteiger partial charge on any atom is -0.474 e. The topological polar surface area (TPSA) is 81.4 Å². The van der Waals surface area contributed by atoms with E-state index in [4.69, 9.17) is 4.74 Å². The molecule has 0 aliphatic rings. The summed E-state index contributed by atoms with van der Waals surface area (Å²) >= 11 is 0. The van der Waals surface area contributed by atoms with Gasteiger partial charge in [-0.1, -0.05) is 30.3 Å². The second-order valence-electron chi connectivity index (χ2n) is 5.49. The molecule has 1 N–H and O–H groups in total. The third-order valence-corrected chi connectivity index (χ3v) is 4.91. The van der Waals surface area contributed by atoms with E-state index in [2.05, 4.69) is 5.10 Å². The van der Waals surface area contributed by atoms with Crippen LogP contribution in [0.25, 0.3) is 0 Å². The van der Waals surface area contributed by atoms with Crippen LogP contribution in [0.1, 0.15) is 11.3 Å². The van der Waals surface area contributed by atoms with E-state index in [-0.39, 0.29) is 11.6 Å². The largest absolute Gasteiger partial charge is 0.474 e. The number of aryl methyl sites for hydroxylation is 1. The molecule has 0 bridgehead atoms. The van der Waals surface area contributed by atoms with Crippen molar-refractivity contribution < 1.29 is 31.4 Å². The van der Waals surface area contributed by atoms with Gasteiger partial charge in [-0.2, -0.15) is 13.2 Å². The SMILES string of the molecule is Cn1nc(OC[C@H](O)CS(=O)(=O)Cc2ccccc2)cc1C(F)(F)F. The van der Waals surface area contributed by atoms with Gasteiger partial charge in [-0.15, -0.1) is 5.10 Å². The molecular formula is C15H17F3N2O4S. The third-order valence-electron chi connectivity index (χ3n) is 3.25. The lowest BCUT2D eigenvalue weighted by atomic mass is 10.2. The molecule has 0 amide bonds. The molecule has 138 valence electrons. The number of ether oxygens (including phenoxy) is 1. The number of benzene rings is 1. The van der Waals surface area contributed by atoms with Crippen LogP contribution in [0.15, 0.2) is 36.4 Å². The summed E-state index contributed by atoms with van der Waals surface area (Å²) in [5, 5.41) is 13.3. The summed E-state index contributed by atoms with van der Waals surface area (Å²) < 4.78 is 67.6. The first-order valence-corrected chi connectivity index (χ1v) is 9.05. The highest BCUT2D eigenvalue weighted by molar-refractivity contribution is 7.90. The number of halogens is 3. The molecule has 2 rings (SSSR count). The Morgan fingerprint density at radius 1 is 1.28 bits per heavy atom. The summed E-state index contributed by atoms with van der Waals surface area (Å²) in [6.07, 6.45) is -5.97. The van der Waals surface area contributed by atoms with Crippen LogP contribution in [-0.4, -0.2) is 41.8 Å². The predicted octanol–water partition coefficient (Wildman–Crippen LogP) is 1.79. The van der Waals surface area contributed by atoms with Crippen LogP contribution < -0.4 is 4.74 Å². The van der Waals surface area contributed by atoms with Gasteiger partial charge in [-0.05, 0) is 5.56 Å². The minimum absolute atomic E-state index is 0.243. The average Bonchev–Trinajstić information content (AvgIpc) is 2.86. The van der Waals surface area contributed by atoms with Gasteiger partial charge in [-0.3, -0.25) is 4.68 Å². The summed E-state index contributed by atoms with van der Waals surface area (Å²) in [5.74, 6) is -1.15. The van der Waals surface area contributed by atoms with Crippen LogP contribution in [-0.2, 0) is 28.8 Å². The second-order valence-corrected chi connectivity index (χ2v) is 7.60. The van der Waals surface area contributed by atoms with Crippen LogP contribution >= 0.6 is 0 Å². The van der Waals surface area contributed by atoms with Gasteiger partial charge in [0.15, 0.2) is 9.84 Å². The van der Waals surface area contributed by atoms with Crippen LogP contribution in [0.4, 0.5) is 13.2 Å². The predicted molar refractivity (Wildman–Crippen MR) is 83.6 cm³/mol. The molecule has 0 spiro atoms. The summed E-state index contributed by atoms with van der Waals surface area (Å²) in [4.78, 5) is 0. The molecule has 6 nitrogen and oxygen atoms in total. The van der Waals surface area contributed by atoms with Crippen LogP contribution in [0.2, 0.25) is 0 Å². The fraction of sp³-hybridized carbons (Fsp3) is 0.400. The molecule has 25 heavy (non-hydrogen) atoms. The van der Waals surface area contributed by atoms with Crippen molar-refractivity contribution in [2.24, 2.45) is 7.05 Å². The maximum atomic E-state index is 12.6. The lowest BCUT2D eigenvalue weighted by molar-refractivity contribution is -0.143. The first-order chi connectivity index (χ1) is 11.6. The molecule has 0 radical (unpaired) electrons. The van der Waals surface area contributed by atoms with Gasteiger partial charge in [0.2, 0.25) is 5.88 Å². The number of aromatic nitrogens is 2. The molecule has 1 heterocycles. The number of aliphatic hydroxyl groups is 1. The maximum absolute atomic E-state index is 12.6. The standard InChI is InChI=1S/C15H17F3N2O4S/c1-20-13(15(16,17)18)7-14(19-20)24-8-12(21)10-25(22,23)9-11-5-3-2-4-6-11/h2-7,12,21H,8-10H2,1H3/t12-/m0/s1. The first-order valence-electron chi connectivity index (χ1n) is 7.23. The van der Waals surface area contributed by atoms with Crippen molar-refractivity contribution in [3.8, 4) is 5.88 Å². The highest BCUT2D eigenvalue weighted by Crippen LogP contribution is 2.30. The van der Waals surface area contributed by atoms with E-state index in [1.807, 2.05) is 0 Å². The van der Waals surface area contributed by atoms with E-state index in [0.717, 1.165) is 7.05 Å². The summed E-state index contributed by atoms with van der Waals surface area (Å²) in [7, 11) is -2.49. The smallest absolute Gasteiger partial charge is 0.433 e. The summed E-state index contributed by atoms with van der Waals surface area (Å²) in [6, 6.07) is 9.12. The zero-order valence-corrected chi connectivity index (χ0v) is 14.1. The fourth-order valence-corrected chi connectivity index (χ4v) is 3.69. The van der Waals surface area contributed by atoms with Gasteiger partial charge < -0.3 is 9.84 Å². The fourth-order valence-electron chi connectivity index (χ4n) is 2.19. The van der Waals surface area contributed by atoms with Crippen molar-refractivity contribution in [1.82, 2.24) is 9.78 Å². The van der Waals surface area contributed by atoms with E-state index < -0.39 is 40.2 Å². The van der Waals surface area contributed by atoms with Gasteiger partial charge in [0.1, 0.15) is 18.4 Å². The Labute approximate surface area is 142 Å². The van der Waals surface area contributed by atoms with E-state index in [1.54, 1.807) is 30.3 Å². The van der Waals surface area contributed by atoms with Gasteiger partial charge in [0.25, 0.3) is 0 Å². The summed E-state index contributed by atoms with van der Waals surface area (Å²) in [5.41, 5.74) is -0.427. The number of hydrogen-bond donors (Lipinski definition) is 1. The molecule has 1 aromatic heterocycles. The maximum Gasteiger partial charge on any atom is 0.433 e. The summed E-state index contributed by atoms with van der Waals surface area (Å²) in [6.45, 7) is -0.484.